The summed E-state index contributed by atoms with van der Waals surface area (Å²) in [7, 11) is 0. The molecule has 0 bridgehead atoms. The lowest BCUT2D eigenvalue weighted by Crippen LogP contribution is -2.40. The summed E-state index contributed by atoms with van der Waals surface area (Å²) in [5.41, 5.74) is 0. The maximum absolute atomic E-state index is 11.7. The van der Waals surface area contributed by atoms with Gasteiger partial charge in [0.25, 0.3) is 5.91 Å². The van der Waals surface area contributed by atoms with E-state index in [1.165, 1.54) is 0 Å². The van der Waals surface area contributed by atoms with Crippen LogP contribution in [-0.4, -0.2) is 38.2 Å². The Balaban J connectivity index is 2.00. The highest BCUT2D eigenvalue weighted by atomic mass is 16.4. The van der Waals surface area contributed by atoms with Gasteiger partial charge in [-0.05, 0) is 19.3 Å². The summed E-state index contributed by atoms with van der Waals surface area (Å²) in [4.78, 5) is 26.5. The largest absolute Gasteiger partial charge is 0.480 e. The smallest absolute Gasteiger partial charge is 0.326 e. The van der Waals surface area contributed by atoms with E-state index in [1.807, 2.05) is 0 Å². The van der Waals surface area contributed by atoms with E-state index < -0.39 is 17.9 Å². The number of nitrogens with one attached hydrogen (secondary N) is 2. The first-order chi connectivity index (χ1) is 8.11. The van der Waals surface area contributed by atoms with Crippen molar-refractivity contribution in [1.29, 1.82) is 0 Å². The van der Waals surface area contributed by atoms with Crippen LogP contribution in [0.4, 0.5) is 0 Å². The maximum Gasteiger partial charge on any atom is 0.326 e. The highest BCUT2D eigenvalue weighted by Crippen LogP contribution is 2.37. The maximum atomic E-state index is 11.7. The normalized spacial score (nSPS) is 16.5. The fourth-order valence-corrected chi connectivity index (χ4v) is 1.48. The van der Waals surface area contributed by atoms with Gasteiger partial charge in [-0.3, -0.25) is 9.89 Å². The zero-order valence-corrected chi connectivity index (χ0v) is 9.43. The molecular formula is C10H14N4O3. The molecule has 2 rings (SSSR count). The minimum Gasteiger partial charge on any atom is -0.480 e. The summed E-state index contributed by atoms with van der Waals surface area (Å²) in [6.45, 7) is 1.69. The number of carboxylic acid groups (broad SMARTS) is 1. The van der Waals surface area contributed by atoms with E-state index in [-0.39, 0.29) is 5.82 Å². The third kappa shape index (κ3) is 2.61. The first kappa shape index (κ1) is 11.6. The summed E-state index contributed by atoms with van der Waals surface area (Å²) in [5.74, 6) is -0.517. The van der Waals surface area contributed by atoms with Gasteiger partial charge in [-0.25, -0.2) is 9.78 Å². The summed E-state index contributed by atoms with van der Waals surface area (Å²) < 4.78 is 0. The number of aliphatic carboxylic acids is 1. The van der Waals surface area contributed by atoms with Gasteiger partial charge in [-0.1, -0.05) is 6.92 Å². The standard InChI is InChI=1S/C10H14N4O3/c1-2-6(10(16)17)11-9(15)8-12-7(13-14-8)5-3-4-5/h5-6H,2-4H2,1H3,(H,11,15)(H,16,17)(H,12,13,14)/t6-/m0/s1. The second-order valence-corrected chi connectivity index (χ2v) is 4.09. The Bertz CT molecular complexity index is 439. The average molecular weight is 238 g/mol. The predicted molar refractivity (Wildman–Crippen MR) is 57.5 cm³/mol. The molecule has 1 aromatic heterocycles. The lowest BCUT2D eigenvalue weighted by atomic mass is 10.2. The minimum absolute atomic E-state index is 0.00611. The fraction of sp³-hybridized carbons (Fsp3) is 0.600. The topological polar surface area (TPSA) is 108 Å². The Morgan fingerprint density at radius 2 is 2.29 bits per heavy atom. The first-order valence-corrected chi connectivity index (χ1v) is 5.57. The molecular weight excluding hydrogens is 224 g/mol. The van der Waals surface area contributed by atoms with E-state index in [1.54, 1.807) is 6.92 Å². The van der Waals surface area contributed by atoms with Crippen LogP contribution in [0.2, 0.25) is 0 Å². The van der Waals surface area contributed by atoms with Crippen molar-refractivity contribution >= 4 is 11.9 Å². The zero-order valence-electron chi connectivity index (χ0n) is 9.43. The van der Waals surface area contributed by atoms with Crippen LogP contribution in [0.3, 0.4) is 0 Å². The molecule has 0 radical (unpaired) electrons. The lowest BCUT2D eigenvalue weighted by molar-refractivity contribution is -0.139. The Morgan fingerprint density at radius 3 is 2.82 bits per heavy atom. The van der Waals surface area contributed by atoms with Gasteiger partial charge in [0.1, 0.15) is 11.9 Å². The Labute approximate surface area is 97.6 Å². The molecule has 3 N–H and O–H groups in total. The number of H-pyrrole nitrogens is 1. The number of carboxylic acids is 1. The van der Waals surface area contributed by atoms with E-state index in [4.69, 9.17) is 5.11 Å². The SMILES string of the molecule is CC[C@H](NC(=O)c1n[nH]c(C2CC2)n1)C(=O)O. The van der Waals surface area contributed by atoms with Crippen molar-refractivity contribution in [3.8, 4) is 0 Å². The molecule has 1 aliphatic rings. The molecule has 1 amide bonds. The Morgan fingerprint density at radius 1 is 1.59 bits per heavy atom. The molecule has 1 aromatic rings. The molecule has 0 aromatic carbocycles. The van der Waals surface area contributed by atoms with E-state index in [9.17, 15) is 9.59 Å². The van der Waals surface area contributed by atoms with E-state index in [0.29, 0.717) is 18.2 Å². The number of nitrogens with zero attached hydrogens (tertiary/aromatic N) is 2. The quantitative estimate of drug-likeness (QED) is 0.682. The predicted octanol–water partition coefficient (Wildman–Crippen LogP) is 0.275. The zero-order chi connectivity index (χ0) is 12.4. The summed E-state index contributed by atoms with van der Waals surface area (Å²) >= 11 is 0. The fourth-order valence-electron chi connectivity index (χ4n) is 1.48. The molecule has 7 nitrogen and oxygen atoms in total. The summed E-state index contributed by atoms with van der Waals surface area (Å²) in [6.07, 6.45) is 2.44. The molecule has 17 heavy (non-hydrogen) atoms. The van der Waals surface area contributed by atoms with Gasteiger partial charge >= 0.3 is 5.97 Å². The van der Waals surface area contributed by atoms with Gasteiger partial charge in [-0.15, -0.1) is 5.10 Å². The van der Waals surface area contributed by atoms with Crippen molar-refractivity contribution in [2.24, 2.45) is 0 Å². The van der Waals surface area contributed by atoms with Crippen LogP contribution >= 0.6 is 0 Å². The van der Waals surface area contributed by atoms with E-state index in [2.05, 4.69) is 20.5 Å². The molecule has 92 valence electrons. The van der Waals surface area contributed by atoms with Crippen molar-refractivity contribution < 1.29 is 14.7 Å². The molecule has 1 atom stereocenters. The van der Waals surface area contributed by atoms with Gasteiger partial charge < -0.3 is 10.4 Å². The van der Waals surface area contributed by atoms with Gasteiger partial charge in [0.15, 0.2) is 0 Å². The first-order valence-electron chi connectivity index (χ1n) is 5.57. The number of aromatic amines is 1. The molecule has 7 heteroatoms. The number of carbonyl (C=O) groups is 2. The summed E-state index contributed by atoms with van der Waals surface area (Å²) in [6, 6.07) is -0.898. The van der Waals surface area contributed by atoms with Gasteiger partial charge in [-0.2, -0.15) is 0 Å². The number of carbonyl (C=O) groups excluding carboxylic acids is 1. The van der Waals surface area contributed by atoms with Crippen molar-refractivity contribution in [2.75, 3.05) is 0 Å². The number of aromatic nitrogens is 3. The minimum atomic E-state index is -1.06. The average Bonchev–Trinajstić information content (AvgIpc) is 3.03. The van der Waals surface area contributed by atoms with Crippen molar-refractivity contribution in [1.82, 2.24) is 20.5 Å². The molecule has 1 saturated carbocycles. The van der Waals surface area contributed by atoms with Gasteiger partial charge in [0.2, 0.25) is 5.82 Å². The van der Waals surface area contributed by atoms with Crippen LogP contribution in [-0.2, 0) is 4.79 Å². The highest BCUT2D eigenvalue weighted by molar-refractivity contribution is 5.93. The number of amides is 1. The number of hydrogen-bond donors (Lipinski definition) is 3. The Hall–Kier alpha value is -1.92. The molecule has 0 spiro atoms. The lowest BCUT2D eigenvalue weighted by Gasteiger charge is -2.09. The van der Waals surface area contributed by atoms with Crippen molar-refractivity contribution in [3.05, 3.63) is 11.6 Å². The molecule has 1 fully saturated rings. The molecule has 1 heterocycles. The number of hydrogen-bond acceptors (Lipinski definition) is 4. The van der Waals surface area contributed by atoms with Crippen LogP contribution in [0.5, 0.6) is 0 Å². The van der Waals surface area contributed by atoms with Crippen LogP contribution < -0.4 is 5.32 Å². The molecule has 1 aliphatic carbocycles. The van der Waals surface area contributed by atoms with Gasteiger partial charge in [0, 0.05) is 5.92 Å². The highest BCUT2D eigenvalue weighted by Gasteiger charge is 2.28. The monoisotopic (exact) mass is 238 g/mol. The second-order valence-electron chi connectivity index (χ2n) is 4.09. The van der Waals surface area contributed by atoms with Gasteiger partial charge in [0.05, 0.1) is 0 Å². The summed E-state index contributed by atoms with van der Waals surface area (Å²) in [5, 5.41) is 17.7. The molecule has 0 aliphatic heterocycles. The molecule has 0 unspecified atom stereocenters. The van der Waals surface area contributed by atoms with Crippen LogP contribution in [0.1, 0.15) is 48.5 Å². The number of rotatable bonds is 5. The third-order valence-electron chi connectivity index (χ3n) is 2.68. The van der Waals surface area contributed by atoms with E-state index in [0.717, 1.165) is 12.8 Å². The van der Waals surface area contributed by atoms with Crippen LogP contribution in [0.25, 0.3) is 0 Å². The second kappa shape index (κ2) is 4.52. The van der Waals surface area contributed by atoms with E-state index >= 15 is 0 Å². The third-order valence-corrected chi connectivity index (χ3v) is 2.68. The van der Waals surface area contributed by atoms with Crippen molar-refractivity contribution in [3.63, 3.8) is 0 Å². The van der Waals surface area contributed by atoms with Crippen LogP contribution in [0.15, 0.2) is 0 Å². The van der Waals surface area contributed by atoms with Crippen molar-refractivity contribution in [2.45, 2.75) is 38.1 Å². The Kier molecular flexibility index (Phi) is 3.08. The van der Waals surface area contributed by atoms with Crippen LogP contribution in [0, 0.1) is 0 Å². The molecule has 0 saturated heterocycles.